The maximum Gasteiger partial charge on any atom is 0.410 e. The van der Waals surface area contributed by atoms with Gasteiger partial charge in [0.15, 0.2) is 0 Å². The van der Waals surface area contributed by atoms with Gasteiger partial charge in [0.25, 0.3) is 0 Å². The lowest BCUT2D eigenvalue weighted by Gasteiger charge is -2.40. The fraction of sp³-hybridized carbons (Fsp3) is 0.889. The minimum atomic E-state index is -0.503. The average Bonchev–Trinajstić information content (AvgIpc) is 2.35. The maximum atomic E-state index is 12.4. The third-order valence-electron chi connectivity index (χ3n) is 4.29. The van der Waals surface area contributed by atoms with Gasteiger partial charge in [-0.2, -0.15) is 0 Å². The molecule has 4 heteroatoms. The second kappa shape index (κ2) is 7.01. The molecule has 0 spiro atoms. The number of hydrogen-bond acceptors (Lipinski definition) is 3. The maximum absolute atomic E-state index is 12.4. The van der Waals surface area contributed by atoms with Crippen LogP contribution in [0.5, 0.6) is 0 Å². The summed E-state index contributed by atoms with van der Waals surface area (Å²) in [5, 5.41) is 0. The molecule has 1 amide bonds. The molecule has 1 aliphatic heterocycles. The lowest BCUT2D eigenvalue weighted by atomic mass is 9.82. The van der Waals surface area contributed by atoms with E-state index < -0.39 is 5.60 Å². The zero-order valence-electron chi connectivity index (χ0n) is 15.4. The Balaban J connectivity index is 2.84. The van der Waals surface area contributed by atoms with Crippen molar-refractivity contribution in [2.45, 2.75) is 85.8 Å². The highest BCUT2D eigenvalue weighted by atomic mass is 16.6. The van der Waals surface area contributed by atoms with Gasteiger partial charge in [0.2, 0.25) is 0 Å². The highest BCUT2D eigenvalue weighted by Crippen LogP contribution is 2.30. The second-order valence-corrected chi connectivity index (χ2v) is 8.50. The van der Waals surface area contributed by atoms with Crippen molar-refractivity contribution in [3.63, 3.8) is 0 Å². The van der Waals surface area contributed by atoms with Gasteiger partial charge < -0.3 is 9.64 Å². The third kappa shape index (κ3) is 5.62. The van der Waals surface area contributed by atoms with Gasteiger partial charge in [-0.3, -0.25) is 4.79 Å². The lowest BCUT2D eigenvalue weighted by molar-refractivity contribution is -0.127. The Labute approximate surface area is 135 Å². The Bertz CT molecular complexity index is 404. The van der Waals surface area contributed by atoms with Crippen molar-refractivity contribution in [2.24, 2.45) is 11.3 Å². The first-order valence-corrected chi connectivity index (χ1v) is 8.47. The van der Waals surface area contributed by atoms with E-state index in [9.17, 15) is 9.59 Å². The minimum absolute atomic E-state index is 0.0275. The van der Waals surface area contributed by atoms with Gasteiger partial charge in [0.1, 0.15) is 11.4 Å². The molecule has 1 heterocycles. The molecule has 2 unspecified atom stereocenters. The van der Waals surface area contributed by atoms with Crippen LogP contribution in [0.15, 0.2) is 0 Å². The molecule has 0 aromatic rings. The molecule has 1 saturated heterocycles. The van der Waals surface area contributed by atoms with Crippen LogP contribution >= 0.6 is 0 Å². The highest BCUT2D eigenvalue weighted by Gasteiger charge is 2.36. The fourth-order valence-electron chi connectivity index (χ4n) is 2.78. The summed E-state index contributed by atoms with van der Waals surface area (Å²) in [5.74, 6) is 0.805. The average molecular weight is 311 g/mol. The standard InChI is InChI=1S/C18H33NO3/c1-8-13-9-10-19(16(21)22-18(5,6)7)14(11-13)12-15(20)17(2,3)4/h13-14H,8-12H2,1-7H3. The number of amides is 1. The number of carbonyl (C=O) groups is 2. The van der Waals surface area contributed by atoms with Crippen LogP contribution in [0.1, 0.15) is 74.1 Å². The highest BCUT2D eigenvalue weighted by molar-refractivity contribution is 5.84. The molecule has 0 radical (unpaired) electrons. The van der Waals surface area contributed by atoms with Crippen LogP contribution in [-0.4, -0.2) is 35.0 Å². The van der Waals surface area contributed by atoms with Gasteiger partial charge in [-0.05, 0) is 39.5 Å². The van der Waals surface area contributed by atoms with E-state index in [0.717, 1.165) is 19.3 Å². The van der Waals surface area contributed by atoms with Gasteiger partial charge in [-0.25, -0.2) is 4.79 Å². The van der Waals surface area contributed by atoms with E-state index in [2.05, 4.69) is 6.92 Å². The third-order valence-corrected chi connectivity index (χ3v) is 4.29. The molecule has 0 bridgehead atoms. The van der Waals surface area contributed by atoms with Crippen molar-refractivity contribution in [3.8, 4) is 0 Å². The van der Waals surface area contributed by atoms with Crippen molar-refractivity contribution in [1.29, 1.82) is 0 Å². The summed E-state index contributed by atoms with van der Waals surface area (Å²) < 4.78 is 5.52. The first kappa shape index (κ1) is 19.0. The minimum Gasteiger partial charge on any atom is -0.444 e. The van der Waals surface area contributed by atoms with Gasteiger partial charge in [0, 0.05) is 24.4 Å². The Hall–Kier alpha value is -1.06. The normalized spacial score (nSPS) is 23.3. The van der Waals surface area contributed by atoms with Crippen molar-refractivity contribution < 1.29 is 14.3 Å². The summed E-state index contributed by atoms with van der Waals surface area (Å²) >= 11 is 0. The Kier molecular flexibility index (Phi) is 6.05. The molecule has 22 heavy (non-hydrogen) atoms. The topological polar surface area (TPSA) is 46.6 Å². The molecular formula is C18H33NO3. The molecular weight excluding hydrogens is 278 g/mol. The zero-order chi connectivity index (χ0) is 17.1. The van der Waals surface area contributed by atoms with Crippen LogP contribution < -0.4 is 0 Å². The van der Waals surface area contributed by atoms with Crippen LogP contribution in [0.2, 0.25) is 0 Å². The summed E-state index contributed by atoms with van der Waals surface area (Å²) in [6, 6.07) is -0.0275. The summed E-state index contributed by atoms with van der Waals surface area (Å²) in [6.45, 7) is 14.3. The van der Waals surface area contributed by atoms with Gasteiger partial charge in [0.05, 0.1) is 0 Å². The number of piperidine rings is 1. The number of likely N-dealkylation sites (tertiary alicyclic amines) is 1. The van der Waals surface area contributed by atoms with E-state index in [1.165, 1.54) is 0 Å². The number of nitrogens with zero attached hydrogens (tertiary/aromatic N) is 1. The van der Waals surface area contributed by atoms with E-state index in [0.29, 0.717) is 18.9 Å². The Morgan fingerprint density at radius 3 is 2.18 bits per heavy atom. The van der Waals surface area contributed by atoms with Crippen LogP contribution in [0.3, 0.4) is 0 Å². The summed E-state index contributed by atoms with van der Waals surface area (Å²) in [6.07, 6.45) is 3.14. The second-order valence-electron chi connectivity index (χ2n) is 8.50. The first-order valence-electron chi connectivity index (χ1n) is 8.47. The molecule has 4 nitrogen and oxygen atoms in total. The van der Waals surface area contributed by atoms with E-state index in [1.807, 2.05) is 41.5 Å². The largest absolute Gasteiger partial charge is 0.444 e. The van der Waals surface area contributed by atoms with Crippen LogP contribution in [0.4, 0.5) is 4.79 Å². The van der Waals surface area contributed by atoms with Gasteiger partial charge >= 0.3 is 6.09 Å². The van der Waals surface area contributed by atoms with E-state index in [4.69, 9.17) is 4.74 Å². The smallest absolute Gasteiger partial charge is 0.410 e. The summed E-state index contributed by atoms with van der Waals surface area (Å²) in [4.78, 5) is 26.6. The summed E-state index contributed by atoms with van der Waals surface area (Å²) in [5.41, 5.74) is -0.865. The molecule has 0 saturated carbocycles. The van der Waals surface area contributed by atoms with Crippen molar-refractivity contribution >= 4 is 11.9 Å². The van der Waals surface area contributed by atoms with Crippen LogP contribution in [-0.2, 0) is 9.53 Å². The Morgan fingerprint density at radius 1 is 1.14 bits per heavy atom. The monoisotopic (exact) mass is 311 g/mol. The zero-order valence-corrected chi connectivity index (χ0v) is 15.4. The van der Waals surface area contributed by atoms with E-state index >= 15 is 0 Å². The first-order chi connectivity index (χ1) is 9.94. The SMILES string of the molecule is CCC1CCN(C(=O)OC(C)(C)C)C(CC(=O)C(C)(C)C)C1. The van der Waals surface area contributed by atoms with Crippen LogP contribution in [0.25, 0.3) is 0 Å². The quantitative estimate of drug-likeness (QED) is 0.775. The molecule has 0 aromatic carbocycles. The predicted octanol–water partition coefficient (Wildman–Crippen LogP) is 4.42. The molecule has 0 aromatic heterocycles. The number of rotatable bonds is 3. The predicted molar refractivity (Wildman–Crippen MR) is 88.8 cm³/mol. The molecule has 1 fully saturated rings. The van der Waals surface area contributed by atoms with Crippen molar-refractivity contribution in [3.05, 3.63) is 0 Å². The molecule has 1 rings (SSSR count). The van der Waals surface area contributed by atoms with Crippen LogP contribution in [0, 0.1) is 11.3 Å². The number of Topliss-reactive ketones (excluding diaryl/α,β-unsaturated/α-hetero) is 1. The van der Waals surface area contributed by atoms with E-state index in [-0.39, 0.29) is 23.3 Å². The molecule has 0 aliphatic carbocycles. The number of ketones is 1. The van der Waals surface area contributed by atoms with E-state index in [1.54, 1.807) is 4.90 Å². The Morgan fingerprint density at radius 2 is 1.73 bits per heavy atom. The number of ether oxygens (including phenoxy) is 1. The molecule has 128 valence electrons. The van der Waals surface area contributed by atoms with Crippen molar-refractivity contribution in [1.82, 2.24) is 4.90 Å². The molecule has 2 atom stereocenters. The number of carbonyl (C=O) groups excluding carboxylic acids is 2. The number of hydrogen-bond donors (Lipinski definition) is 0. The summed E-state index contributed by atoms with van der Waals surface area (Å²) in [7, 11) is 0. The molecule has 1 aliphatic rings. The van der Waals surface area contributed by atoms with Crippen molar-refractivity contribution in [2.75, 3.05) is 6.54 Å². The lowest BCUT2D eigenvalue weighted by Crippen LogP contribution is -2.49. The molecule has 0 N–H and O–H groups in total. The van der Waals surface area contributed by atoms with Gasteiger partial charge in [-0.15, -0.1) is 0 Å². The fourth-order valence-corrected chi connectivity index (χ4v) is 2.78. The van der Waals surface area contributed by atoms with Gasteiger partial charge in [-0.1, -0.05) is 34.1 Å².